The molecule has 1 aliphatic rings. The molecule has 0 bridgehead atoms. The number of rotatable bonds is 5. The second-order valence-corrected chi connectivity index (χ2v) is 4.89. The van der Waals surface area contributed by atoms with Crippen LogP contribution in [-0.4, -0.2) is 12.5 Å². The lowest BCUT2D eigenvalue weighted by atomic mass is 9.84. The van der Waals surface area contributed by atoms with Crippen LogP contribution < -0.4 is 5.32 Å². The third kappa shape index (κ3) is 3.09. The van der Waals surface area contributed by atoms with Gasteiger partial charge in [0.25, 0.3) is 0 Å². The molecule has 2 rings (SSSR count). The predicted octanol–water partition coefficient (Wildman–Crippen LogP) is 3.10. The zero-order valence-electron chi connectivity index (χ0n) is 10.5. The van der Waals surface area contributed by atoms with Gasteiger partial charge in [0.05, 0.1) is 0 Å². The summed E-state index contributed by atoms with van der Waals surface area (Å²) in [6, 6.07) is 10.4. The Bertz CT molecular complexity index is 356. The predicted molar refractivity (Wildman–Crippen MR) is 69.8 cm³/mol. The van der Waals surface area contributed by atoms with Crippen molar-refractivity contribution in [3.05, 3.63) is 35.9 Å². The van der Waals surface area contributed by atoms with Gasteiger partial charge >= 0.3 is 0 Å². The normalized spacial score (nSPS) is 17.2. The molecule has 1 aliphatic carbocycles. The Kier molecular flexibility index (Phi) is 4.18. The number of carbonyl (C=O) groups is 1. The Morgan fingerprint density at radius 1 is 1.35 bits per heavy atom. The van der Waals surface area contributed by atoms with Gasteiger partial charge in [0.1, 0.15) is 0 Å². The monoisotopic (exact) mass is 231 g/mol. The van der Waals surface area contributed by atoms with E-state index in [0.717, 1.165) is 25.8 Å². The molecule has 2 nitrogen and oxygen atoms in total. The molecule has 17 heavy (non-hydrogen) atoms. The molecule has 0 radical (unpaired) electrons. The highest BCUT2D eigenvalue weighted by atomic mass is 16.1. The maximum atomic E-state index is 11.8. The van der Waals surface area contributed by atoms with Crippen LogP contribution in [0.1, 0.15) is 44.1 Å². The van der Waals surface area contributed by atoms with Crippen LogP contribution in [0.3, 0.4) is 0 Å². The van der Waals surface area contributed by atoms with Crippen LogP contribution in [0.25, 0.3) is 0 Å². The summed E-state index contributed by atoms with van der Waals surface area (Å²) in [4.78, 5) is 11.8. The third-order valence-corrected chi connectivity index (χ3v) is 3.76. The molecule has 1 aromatic carbocycles. The molecule has 1 N–H and O–H groups in total. The first kappa shape index (κ1) is 12.2. The summed E-state index contributed by atoms with van der Waals surface area (Å²) < 4.78 is 0. The zero-order valence-corrected chi connectivity index (χ0v) is 10.5. The summed E-state index contributed by atoms with van der Waals surface area (Å²) in [6.45, 7) is 2.95. The van der Waals surface area contributed by atoms with Crippen LogP contribution in [-0.2, 0) is 4.79 Å². The van der Waals surface area contributed by atoms with E-state index in [1.807, 2.05) is 6.07 Å². The Balaban J connectivity index is 1.85. The highest BCUT2D eigenvalue weighted by molar-refractivity contribution is 5.79. The quantitative estimate of drug-likeness (QED) is 0.829. The van der Waals surface area contributed by atoms with Crippen molar-refractivity contribution >= 4 is 5.91 Å². The van der Waals surface area contributed by atoms with Crippen molar-refractivity contribution in [1.82, 2.24) is 5.32 Å². The highest BCUT2D eigenvalue weighted by Gasteiger charge is 2.25. The average Bonchev–Trinajstić information content (AvgIpc) is 2.29. The van der Waals surface area contributed by atoms with Gasteiger partial charge in [-0.2, -0.15) is 0 Å². The van der Waals surface area contributed by atoms with E-state index < -0.39 is 0 Å². The Morgan fingerprint density at radius 3 is 2.59 bits per heavy atom. The number of benzene rings is 1. The molecule has 0 unspecified atom stereocenters. The fraction of sp³-hybridized carbons (Fsp3) is 0.533. The summed E-state index contributed by atoms with van der Waals surface area (Å²) in [7, 11) is 0. The molecule has 92 valence electrons. The van der Waals surface area contributed by atoms with E-state index in [1.54, 1.807) is 0 Å². The van der Waals surface area contributed by atoms with Gasteiger partial charge in [-0.15, -0.1) is 0 Å². The largest absolute Gasteiger partial charge is 0.355 e. The van der Waals surface area contributed by atoms with Crippen molar-refractivity contribution in [1.29, 1.82) is 0 Å². The maximum Gasteiger partial charge on any atom is 0.223 e. The zero-order chi connectivity index (χ0) is 12.1. The molecule has 2 heteroatoms. The number of hydrogen-bond acceptors (Lipinski definition) is 1. The van der Waals surface area contributed by atoms with E-state index in [0.29, 0.717) is 11.8 Å². The van der Waals surface area contributed by atoms with E-state index in [2.05, 4.69) is 36.5 Å². The maximum absolute atomic E-state index is 11.8. The molecule has 1 amide bonds. The van der Waals surface area contributed by atoms with Crippen molar-refractivity contribution < 1.29 is 4.79 Å². The lowest BCUT2D eigenvalue weighted by Crippen LogP contribution is -2.36. The van der Waals surface area contributed by atoms with Crippen molar-refractivity contribution in [2.45, 2.75) is 38.5 Å². The minimum absolute atomic E-state index is 0.255. The van der Waals surface area contributed by atoms with Crippen molar-refractivity contribution in [2.75, 3.05) is 6.54 Å². The smallest absolute Gasteiger partial charge is 0.223 e. The van der Waals surface area contributed by atoms with Gasteiger partial charge in [-0.25, -0.2) is 0 Å². The summed E-state index contributed by atoms with van der Waals surface area (Å²) in [5, 5.41) is 3.10. The van der Waals surface area contributed by atoms with Gasteiger partial charge in [0.15, 0.2) is 0 Å². The molecule has 0 aromatic heterocycles. The number of amides is 1. The van der Waals surface area contributed by atoms with Gasteiger partial charge in [-0.05, 0) is 24.8 Å². The summed E-state index contributed by atoms with van der Waals surface area (Å²) >= 11 is 0. The standard InChI is InChI=1S/C15H21NO/c1-2-12(13-7-4-3-5-8-13)11-16-15(17)14-9-6-10-14/h3-5,7-8,12,14H,2,6,9-11H2,1H3,(H,16,17)/t12-/m1/s1. The minimum atomic E-state index is 0.255. The SMILES string of the molecule is CC[C@H](CNC(=O)C1CCC1)c1ccccc1. The fourth-order valence-electron chi connectivity index (χ4n) is 2.26. The van der Waals surface area contributed by atoms with Crippen LogP contribution >= 0.6 is 0 Å². The van der Waals surface area contributed by atoms with Crippen LogP contribution in [0.4, 0.5) is 0 Å². The molecular weight excluding hydrogens is 210 g/mol. The van der Waals surface area contributed by atoms with Crippen LogP contribution in [0.2, 0.25) is 0 Å². The van der Waals surface area contributed by atoms with Crippen molar-refractivity contribution in [3.8, 4) is 0 Å². The minimum Gasteiger partial charge on any atom is -0.355 e. The average molecular weight is 231 g/mol. The second-order valence-electron chi connectivity index (χ2n) is 4.89. The Hall–Kier alpha value is -1.31. The Morgan fingerprint density at radius 2 is 2.06 bits per heavy atom. The first-order valence-corrected chi connectivity index (χ1v) is 6.64. The van der Waals surface area contributed by atoms with Gasteiger partial charge < -0.3 is 5.32 Å². The van der Waals surface area contributed by atoms with Crippen molar-refractivity contribution in [2.24, 2.45) is 5.92 Å². The van der Waals surface area contributed by atoms with Crippen molar-refractivity contribution in [3.63, 3.8) is 0 Å². The Labute approximate surface area is 103 Å². The molecule has 0 spiro atoms. The number of carbonyl (C=O) groups excluding carboxylic acids is 1. The van der Waals surface area contributed by atoms with Gasteiger partial charge in [-0.3, -0.25) is 4.79 Å². The van der Waals surface area contributed by atoms with E-state index in [9.17, 15) is 4.79 Å². The van der Waals surface area contributed by atoms with Crippen LogP contribution in [0.5, 0.6) is 0 Å². The van der Waals surface area contributed by atoms with E-state index in [1.165, 1.54) is 12.0 Å². The molecule has 1 fully saturated rings. The summed E-state index contributed by atoms with van der Waals surface area (Å²) in [5.41, 5.74) is 1.32. The molecule has 0 saturated heterocycles. The second kappa shape index (κ2) is 5.85. The number of hydrogen-bond donors (Lipinski definition) is 1. The first-order chi connectivity index (χ1) is 8.31. The molecule has 1 aromatic rings. The summed E-state index contributed by atoms with van der Waals surface area (Å²) in [6.07, 6.45) is 4.44. The summed E-state index contributed by atoms with van der Waals surface area (Å²) in [5.74, 6) is 0.995. The van der Waals surface area contributed by atoms with E-state index in [4.69, 9.17) is 0 Å². The third-order valence-electron chi connectivity index (χ3n) is 3.76. The van der Waals surface area contributed by atoms with Gasteiger partial charge in [0.2, 0.25) is 5.91 Å². The lowest BCUT2D eigenvalue weighted by molar-refractivity contribution is -0.127. The topological polar surface area (TPSA) is 29.1 Å². The fourth-order valence-corrected chi connectivity index (χ4v) is 2.26. The number of nitrogens with one attached hydrogen (secondary N) is 1. The molecular formula is C15H21NO. The highest BCUT2D eigenvalue weighted by Crippen LogP contribution is 2.26. The lowest BCUT2D eigenvalue weighted by Gasteiger charge is -2.25. The van der Waals surface area contributed by atoms with E-state index in [-0.39, 0.29) is 5.91 Å². The van der Waals surface area contributed by atoms with E-state index >= 15 is 0 Å². The molecule has 0 heterocycles. The van der Waals surface area contributed by atoms with Crippen LogP contribution in [0.15, 0.2) is 30.3 Å². The molecule has 1 atom stereocenters. The van der Waals surface area contributed by atoms with Crippen LogP contribution in [0, 0.1) is 5.92 Å². The van der Waals surface area contributed by atoms with Gasteiger partial charge in [-0.1, -0.05) is 43.7 Å². The first-order valence-electron chi connectivity index (χ1n) is 6.64. The molecule has 0 aliphatic heterocycles. The van der Waals surface area contributed by atoms with Gasteiger partial charge in [0, 0.05) is 18.4 Å². The molecule has 1 saturated carbocycles.